The van der Waals surface area contributed by atoms with Crippen molar-refractivity contribution in [2.24, 2.45) is 0 Å². The number of H-pyrrole nitrogens is 1. The Bertz CT molecular complexity index is 1320. The highest BCUT2D eigenvalue weighted by molar-refractivity contribution is 7.91. The first-order valence-electron chi connectivity index (χ1n) is 9.25. The number of imidazole rings is 1. The molecule has 8 heteroatoms. The van der Waals surface area contributed by atoms with Gasteiger partial charge in [0.1, 0.15) is 17.4 Å². The molecule has 0 saturated carbocycles. The molecule has 0 radical (unpaired) electrons. The van der Waals surface area contributed by atoms with Gasteiger partial charge in [0.2, 0.25) is 0 Å². The number of aliphatic hydroxyl groups excluding tert-OH is 1. The summed E-state index contributed by atoms with van der Waals surface area (Å²) in [5, 5.41) is 11.6. The molecule has 0 saturated heterocycles. The number of rotatable bonds is 5. The van der Waals surface area contributed by atoms with E-state index in [-0.39, 0.29) is 10.6 Å². The van der Waals surface area contributed by atoms with Crippen LogP contribution in [0.2, 0.25) is 10.0 Å². The number of halogens is 2. The summed E-state index contributed by atoms with van der Waals surface area (Å²) < 4.78 is 24.0. The van der Waals surface area contributed by atoms with Gasteiger partial charge in [-0.25, -0.2) is 13.4 Å². The van der Waals surface area contributed by atoms with Crippen LogP contribution in [0.3, 0.4) is 0 Å². The SMILES string of the molecule is CCS(=O)(=O)c1ccc(C(O)c2nc3c(Cl)c(-c4ccccc4)c(Cl)cc3[nH]2)cc1. The molecule has 3 aromatic carbocycles. The number of hydrogen-bond acceptors (Lipinski definition) is 4. The van der Waals surface area contributed by atoms with Crippen molar-refractivity contribution in [2.75, 3.05) is 5.75 Å². The van der Waals surface area contributed by atoms with E-state index in [0.29, 0.717) is 38.0 Å². The van der Waals surface area contributed by atoms with E-state index in [1.54, 1.807) is 25.1 Å². The standard InChI is InChI=1S/C22H18Cl2N2O3S/c1-2-30(28,29)15-10-8-14(9-11-15)21(27)22-25-17-12-16(23)18(19(24)20(17)26-22)13-6-4-3-5-7-13/h3-12,21,27H,2H2,1H3,(H,25,26). The lowest BCUT2D eigenvalue weighted by atomic mass is 10.0. The third-order valence-corrected chi connectivity index (χ3v) is 7.36. The molecular weight excluding hydrogens is 443 g/mol. The van der Waals surface area contributed by atoms with Crippen LogP contribution in [-0.4, -0.2) is 29.2 Å². The Hall–Kier alpha value is -2.38. The van der Waals surface area contributed by atoms with Crippen LogP contribution in [0.4, 0.5) is 0 Å². The van der Waals surface area contributed by atoms with E-state index in [0.717, 1.165) is 5.56 Å². The molecule has 0 amide bonds. The lowest BCUT2D eigenvalue weighted by Crippen LogP contribution is -2.05. The highest BCUT2D eigenvalue weighted by Crippen LogP contribution is 2.40. The molecular formula is C22H18Cl2N2O3S. The molecule has 0 aliphatic rings. The van der Waals surface area contributed by atoms with E-state index in [9.17, 15) is 13.5 Å². The van der Waals surface area contributed by atoms with Crippen LogP contribution >= 0.6 is 23.2 Å². The van der Waals surface area contributed by atoms with Gasteiger partial charge in [0.25, 0.3) is 0 Å². The van der Waals surface area contributed by atoms with E-state index < -0.39 is 15.9 Å². The van der Waals surface area contributed by atoms with Gasteiger partial charge in [0.05, 0.1) is 26.2 Å². The highest BCUT2D eigenvalue weighted by Gasteiger charge is 2.21. The van der Waals surface area contributed by atoms with E-state index in [4.69, 9.17) is 23.2 Å². The number of nitrogens with one attached hydrogen (secondary N) is 1. The normalized spacial score (nSPS) is 12.9. The van der Waals surface area contributed by atoms with E-state index in [2.05, 4.69) is 9.97 Å². The first-order valence-corrected chi connectivity index (χ1v) is 11.7. The second-order valence-corrected chi connectivity index (χ2v) is 9.87. The molecule has 1 atom stereocenters. The number of nitrogens with zero attached hydrogens (tertiary/aromatic N) is 1. The van der Waals surface area contributed by atoms with Crippen LogP contribution in [0.5, 0.6) is 0 Å². The molecule has 4 rings (SSSR count). The zero-order valence-corrected chi connectivity index (χ0v) is 18.3. The van der Waals surface area contributed by atoms with Crippen LogP contribution in [0.1, 0.15) is 24.4 Å². The molecule has 1 heterocycles. The Morgan fingerprint density at radius 2 is 1.73 bits per heavy atom. The van der Waals surface area contributed by atoms with Gasteiger partial charge in [-0.15, -0.1) is 0 Å². The summed E-state index contributed by atoms with van der Waals surface area (Å²) in [6.07, 6.45) is -1.08. The number of benzene rings is 3. The summed E-state index contributed by atoms with van der Waals surface area (Å²) in [7, 11) is -3.30. The summed E-state index contributed by atoms with van der Waals surface area (Å²) in [4.78, 5) is 7.77. The van der Waals surface area contributed by atoms with Crippen molar-refractivity contribution in [3.05, 3.63) is 82.1 Å². The van der Waals surface area contributed by atoms with Crippen LogP contribution in [0, 0.1) is 0 Å². The molecule has 154 valence electrons. The number of aliphatic hydroxyl groups is 1. The molecule has 0 fully saturated rings. The zero-order chi connectivity index (χ0) is 21.5. The van der Waals surface area contributed by atoms with Crippen LogP contribution < -0.4 is 0 Å². The Morgan fingerprint density at radius 3 is 2.37 bits per heavy atom. The second-order valence-electron chi connectivity index (χ2n) is 6.81. The van der Waals surface area contributed by atoms with E-state index in [1.165, 1.54) is 12.1 Å². The average Bonchev–Trinajstić information content (AvgIpc) is 3.18. The van der Waals surface area contributed by atoms with Gasteiger partial charge in [-0.2, -0.15) is 0 Å². The molecule has 1 unspecified atom stereocenters. The van der Waals surface area contributed by atoms with E-state index >= 15 is 0 Å². The summed E-state index contributed by atoms with van der Waals surface area (Å²) in [6, 6.07) is 17.4. The third-order valence-electron chi connectivity index (χ3n) is 4.94. The number of fused-ring (bicyclic) bond motifs is 1. The van der Waals surface area contributed by atoms with Crippen molar-refractivity contribution in [1.29, 1.82) is 0 Å². The Balaban J connectivity index is 1.74. The first kappa shape index (κ1) is 20.9. The van der Waals surface area contributed by atoms with Gasteiger partial charge in [-0.05, 0) is 29.3 Å². The Kier molecular flexibility index (Phi) is 5.59. The van der Waals surface area contributed by atoms with Gasteiger partial charge in [0.15, 0.2) is 9.84 Å². The van der Waals surface area contributed by atoms with Crippen molar-refractivity contribution in [3.8, 4) is 11.1 Å². The molecule has 2 N–H and O–H groups in total. The molecule has 0 aliphatic carbocycles. The predicted octanol–water partition coefficient (Wildman–Crippen LogP) is 5.41. The van der Waals surface area contributed by atoms with Gasteiger partial charge >= 0.3 is 0 Å². The maximum absolute atomic E-state index is 12.0. The van der Waals surface area contributed by atoms with Gasteiger partial charge in [-0.1, -0.05) is 72.6 Å². The predicted molar refractivity (Wildman–Crippen MR) is 120 cm³/mol. The molecule has 5 nitrogen and oxygen atoms in total. The minimum Gasteiger partial charge on any atom is -0.380 e. The van der Waals surface area contributed by atoms with E-state index in [1.807, 2.05) is 30.3 Å². The average molecular weight is 461 g/mol. The smallest absolute Gasteiger partial charge is 0.178 e. The Morgan fingerprint density at radius 1 is 1.07 bits per heavy atom. The maximum atomic E-state index is 12.0. The monoisotopic (exact) mass is 460 g/mol. The second kappa shape index (κ2) is 8.04. The largest absolute Gasteiger partial charge is 0.380 e. The third kappa shape index (κ3) is 3.72. The fourth-order valence-corrected chi connectivity index (χ4v) is 4.88. The topological polar surface area (TPSA) is 83.1 Å². The number of hydrogen-bond donors (Lipinski definition) is 2. The number of aromatic amines is 1. The minimum atomic E-state index is -3.30. The van der Waals surface area contributed by atoms with Crippen molar-refractivity contribution in [2.45, 2.75) is 17.9 Å². The lowest BCUT2D eigenvalue weighted by molar-refractivity contribution is 0.211. The molecule has 0 bridgehead atoms. The van der Waals surface area contributed by atoms with Crippen LogP contribution in [0.15, 0.2) is 65.6 Å². The Labute approximate surface area is 184 Å². The summed E-state index contributed by atoms with van der Waals surface area (Å²) >= 11 is 13.1. The fourth-order valence-electron chi connectivity index (χ4n) is 3.28. The van der Waals surface area contributed by atoms with Gasteiger partial charge < -0.3 is 10.1 Å². The molecule has 1 aromatic heterocycles. The lowest BCUT2D eigenvalue weighted by Gasteiger charge is -2.09. The first-order chi connectivity index (χ1) is 14.3. The van der Waals surface area contributed by atoms with Crippen molar-refractivity contribution < 1.29 is 13.5 Å². The molecule has 0 aliphatic heterocycles. The summed E-state index contributed by atoms with van der Waals surface area (Å²) in [6.45, 7) is 1.59. The molecule has 0 spiro atoms. The van der Waals surface area contributed by atoms with Crippen LogP contribution in [0.25, 0.3) is 22.2 Å². The number of sulfone groups is 1. The van der Waals surface area contributed by atoms with Gasteiger partial charge in [0, 0.05) is 5.56 Å². The quantitative estimate of drug-likeness (QED) is 0.416. The summed E-state index contributed by atoms with van der Waals surface area (Å²) in [5.41, 5.74) is 3.15. The zero-order valence-electron chi connectivity index (χ0n) is 15.9. The number of aromatic nitrogens is 2. The van der Waals surface area contributed by atoms with Gasteiger partial charge in [-0.3, -0.25) is 0 Å². The minimum absolute atomic E-state index is 0.0154. The fraction of sp³-hybridized carbons (Fsp3) is 0.136. The van der Waals surface area contributed by atoms with Crippen LogP contribution in [-0.2, 0) is 9.84 Å². The van der Waals surface area contributed by atoms with Crippen molar-refractivity contribution >= 4 is 44.1 Å². The van der Waals surface area contributed by atoms with Crippen molar-refractivity contribution in [1.82, 2.24) is 9.97 Å². The maximum Gasteiger partial charge on any atom is 0.178 e. The molecule has 30 heavy (non-hydrogen) atoms. The summed E-state index contributed by atoms with van der Waals surface area (Å²) in [5.74, 6) is 0.306. The highest BCUT2D eigenvalue weighted by atomic mass is 35.5. The molecule has 4 aromatic rings. The van der Waals surface area contributed by atoms with Crippen molar-refractivity contribution in [3.63, 3.8) is 0 Å².